The summed E-state index contributed by atoms with van der Waals surface area (Å²) in [6, 6.07) is 11.1. The van der Waals surface area contributed by atoms with E-state index >= 15 is 0 Å². The first-order chi connectivity index (χ1) is 14.3. The first-order valence-electron chi connectivity index (χ1n) is 9.92. The molecule has 0 aliphatic carbocycles. The third kappa shape index (κ3) is 3.78. The van der Waals surface area contributed by atoms with E-state index in [-0.39, 0.29) is 11.7 Å². The number of carbonyl (C=O) groups excluding carboxylic acids is 1. The number of fused-ring (bicyclic) bond motifs is 1. The van der Waals surface area contributed by atoms with Crippen molar-refractivity contribution in [2.45, 2.75) is 19.4 Å². The molecule has 0 spiro atoms. The van der Waals surface area contributed by atoms with Crippen LogP contribution in [0.1, 0.15) is 28.9 Å². The highest BCUT2D eigenvalue weighted by Gasteiger charge is 2.27. The van der Waals surface area contributed by atoms with Gasteiger partial charge in [0.25, 0.3) is 0 Å². The minimum atomic E-state index is 0.0322. The van der Waals surface area contributed by atoms with Gasteiger partial charge >= 0.3 is 0 Å². The molecule has 1 saturated heterocycles. The van der Waals surface area contributed by atoms with Gasteiger partial charge in [0.15, 0.2) is 23.0 Å². The summed E-state index contributed by atoms with van der Waals surface area (Å²) in [6.07, 6.45) is 3.27. The molecular weight excluding hydrogens is 372 g/mol. The molecule has 0 N–H and O–H groups in total. The van der Waals surface area contributed by atoms with Crippen molar-refractivity contribution in [3.05, 3.63) is 53.9 Å². The number of carbonyl (C=O) groups is 1. The van der Waals surface area contributed by atoms with Crippen molar-refractivity contribution in [3.63, 3.8) is 0 Å². The Morgan fingerprint density at radius 2 is 1.86 bits per heavy atom. The van der Waals surface area contributed by atoms with Gasteiger partial charge in [-0.05, 0) is 56.3 Å². The van der Waals surface area contributed by atoms with Gasteiger partial charge in [-0.15, -0.1) is 0 Å². The molecule has 0 atom stereocenters. The molecule has 7 nitrogen and oxygen atoms in total. The number of piperidine rings is 1. The van der Waals surface area contributed by atoms with Crippen molar-refractivity contribution in [1.29, 1.82) is 0 Å². The lowest BCUT2D eigenvalue weighted by molar-refractivity contribution is 0.0832. The molecule has 1 aromatic carbocycles. The second-order valence-electron chi connectivity index (χ2n) is 7.43. The van der Waals surface area contributed by atoms with Crippen LogP contribution >= 0.6 is 0 Å². The zero-order chi connectivity index (χ0) is 19.6. The number of benzene rings is 1. The van der Waals surface area contributed by atoms with E-state index in [0.29, 0.717) is 48.3 Å². The van der Waals surface area contributed by atoms with E-state index in [1.54, 1.807) is 6.26 Å². The molecule has 150 valence electrons. The van der Waals surface area contributed by atoms with Crippen molar-refractivity contribution in [3.8, 4) is 23.0 Å². The first kappa shape index (κ1) is 18.0. The summed E-state index contributed by atoms with van der Waals surface area (Å²) >= 11 is 0. The highest BCUT2D eigenvalue weighted by Crippen LogP contribution is 2.32. The monoisotopic (exact) mass is 394 g/mol. The second kappa shape index (κ2) is 7.75. The Bertz CT molecular complexity index is 987. The van der Waals surface area contributed by atoms with Crippen LogP contribution in [0, 0.1) is 5.92 Å². The van der Waals surface area contributed by atoms with Crippen molar-refractivity contribution >= 4 is 5.78 Å². The summed E-state index contributed by atoms with van der Waals surface area (Å²) in [6.45, 7) is 3.48. The van der Waals surface area contributed by atoms with Crippen LogP contribution in [-0.4, -0.2) is 42.1 Å². The largest absolute Gasteiger partial charge is 0.486 e. The third-order valence-corrected chi connectivity index (χ3v) is 5.49. The van der Waals surface area contributed by atoms with E-state index < -0.39 is 0 Å². The number of hydrogen-bond donors (Lipinski definition) is 0. The summed E-state index contributed by atoms with van der Waals surface area (Å²) in [5.74, 6) is 2.90. The SMILES string of the molecule is O=C(c1ccc2c(c1)OCCO2)C1CCN(Cc2cc(-c3ccco3)on2)CC1. The highest BCUT2D eigenvalue weighted by atomic mass is 16.6. The van der Waals surface area contributed by atoms with Gasteiger partial charge in [-0.25, -0.2) is 0 Å². The van der Waals surface area contributed by atoms with Gasteiger partial charge in [0.2, 0.25) is 5.76 Å². The average molecular weight is 394 g/mol. The quantitative estimate of drug-likeness (QED) is 0.609. The van der Waals surface area contributed by atoms with Crippen LogP contribution < -0.4 is 9.47 Å². The van der Waals surface area contributed by atoms with E-state index in [1.807, 2.05) is 36.4 Å². The molecule has 0 unspecified atom stereocenters. The Balaban J connectivity index is 1.18. The van der Waals surface area contributed by atoms with Crippen LogP contribution in [0.15, 0.2) is 51.6 Å². The van der Waals surface area contributed by atoms with Gasteiger partial charge in [0.1, 0.15) is 13.2 Å². The van der Waals surface area contributed by atoms with Crippen molar-refractivity contribution in [1.82, 2.24) is 10.1 Å². The van der Waals surface area contributed by atoms with Gasteiger partial charge in [-0.1, -0.05) is 5.16 Å². The lowest BCUT2D eigenvalue weighted by Gasteiger charge is -2.30. The average Bonchev–Trinajstić information content (AvgIpc) is 3.45. The molecule has 29 heavy (non-hydrogen) atoms. The number of nitrogens with zero attached hydrogens (tertiary/aromatic N) is 2. The van der Waals surface area contributed by atoms with Crippen molar-refractivity contribution in [2.75, 3.05) is 26.3 Å². The fourth-order valence-corrected chi connectivity index (χ4v) is 3.94. The predicted octanol–water partition coefficient (Wildman–Crippen LogP) is 3.80. The predicted molar refractivity (Wildman–Crippen MR) is 104 cm³/mol. The van der Waals surface area contributed by atoms with Crippen LogP contribution in [0.3, 0.4) is 0 Å². The molecule has 7 heteroatoms. The summed E-state index contributed by atoms with van der Waals surface area (Å²) in [5.41, 5.74) is 1.57. The summed E-state index contributed by atoms with van der Waals surface area (Å²) in [5, 5.41) is 4.14. The highest BCUT2D eigenvalue weighted by molar-refractivity contribution is 5.98. The Kier molecular flexibility index (Phi) is 4.81. The molecule has 4 heterocycles. The van der Waals surface area contributed by atoms with E-state index in [1.165, 1.54) is 0 Å². The number of likely N-dealkylation sites (tertiary alicyclic amines) is 1. The molecule has 3 aromatic rings. The van der Waals surface area contributed by atoms with Gasteiger partial charge in [-0.2, -0.15) is 0 Å². The first-order valence-corrected chi connectivity index (χ1v) is 9.92. The van der Waals surface area contributed by atoms with E-state index in [2.05, 4.69) is 10.1 Å². The van der Waals surface area contributed by atoms with Gasteiger partial charge in [-0.3, -0.25) is 9.69 Å². The van der Waals surface area contributed by atoms with E-state index in [4.69, 9.17) is 18.4 Å². The number of Topliss-reactive ketones (excluding diaryl/α,β-unsaturated/α-hetero) is 1. The molecule has 0 bridgehead atoms. The standard InChI is InChI=1S/C22H22N2O5/c25-22(16-3-4-19-20(12-16)28-11-10-27-19)15-5-7-24(8-6-15)14-17-13-21(29-23-17)18-2-1-9-26-18/h1-4,9,12-13,15H,5-8,10-11,14H2. The maximum atomic E-state index is 12.9. The fraction of sp³-hybridized carbons (Fsp3) is 0.364. The minimum Gasteiger partial charge on any atom is -0.486 e. The zero-order valence-electron chi connectivity index (χ0n) is 16.0. The number of furan rings is 1. The summed E-state index contributed by atoms with van der Waals surface area (Å²) < 4.78 is 21.8. The third-order valence-electron chi connectivity index (χ3n) is 5.49. The molecule has 2 aliphatic rings. The molecule has 0 saturated carbocycles. The summed E-state index contributed by atoms with van der Waals surface area (Å²) in [7, 11) is 0. The number of hydrogen-bond acceptors (Lipinski definition) is 7. The fourth-order valence-electron chi connectivity index (χ4n) is 3.94. The van der Waals surface area contributed by atoms with Crippen LogP contribution in [0.4, 0.5) is 0 Å². The maximum absolute atomic E-state index is 12.9. The zero-order valence-corrected chi connectivity index (χ0v) is 16.0. The number of rotatable bonds is 5. The van der Waals surface area contributed by atoms with Gasteiger partial charge < -0.3 is 18.4 Å². The topological polar surface area (TPSA) is 77.9 Å². The Morgan fingerprint density at radius 1 is 1.03 bits per heavy atom. The van der Waals surface area contributed by atoms with E-state index in [0.717, 1.165) is 31.6 Å². The molecule has 0 radical (unpaired) electrons. The van der Waals surface area contributed by atoms with Crippen LogP contribution in [0.2, 0.25) is 0 Å². The Hall–Kier alpha value is -3.06. The van der Waals surface area contributed by atoms with Crippen LogP contribution in [0.25, 0.3) is 11.5 Å². The van der Waals surface area contributed by atoms with Crippen molar-refractivity contribution < 1.29 is 23.2 Å². The van der Waals surface area contributed by atoms with E-state index in [9.17, 15) is 4.79 Å². The number of ether oxygens (including phenoxy) is 2. The van der Waals surface area contributed by atoms with Crippen molar-refractivity contribution in [2.24, 2.45) is 5.92 Å². The molecular formula is C22H22N2O5. The normalized spacial score (nSPS) is 17.4. The lowest BCUT2D eigenvalue weighted by Crippen LogP contribution is -2.36. The van der Waals surface area contributed by atoms with Gasteiger partial charge in [0.05, 0.1) is 12.0 Å². The Morgan fingerprint density at radius 3 is 2.66 bits per heavy atom. The molecule has 1 fully saturated rings. The molecule has 2 aliphatic heterocycles. The summed E-state index contributed by atoms with van der Waals surface area (Å²) in [4.78, 5) is 15.2. The number of ketones is 1. The lowest BCUT2D eigenvalue weighted by atomic mass is 9.88. The van der Waals surface area contributed by atoms with Gasteiger partial charge in [0, 0.05) is 24.1 Å². The smallest absolute Gasteiger partial charge is 0.202 e. The number of aromatic nitrogens is 1. The molecule has 0 amide bonds. The Labute approximate surface area is 168 Å². The minimum absolute atomic E-state index is 0.0322. The van der Waals surface area contributed by atoms with Crippen LogP contribution in [0.5, 0.6) is 11.5 Å². The molecule has 2 aromatic heterocycles. The maximum Gasteiger partial charge on any atom is 0.202 e. The molecule has 5 rings (SSSR count). The second-order valence-corrected chi connectivity index (χ2v) is 7.43. The van der Waals surface area contributed by atoms with Crippen LogP contribution in [-0.2, 0) is 6.54 Å².